The molecular weight excluding hydrogens is 586 g/mol. The molecule has 0 saturated heterocycles. The van der Waals surface area contributed by atoms with Crippen LogP contribution in [0.15, 0.2) is 83.8 Å². The summed E-state index contributed by atoms with van der Waals surface area (Å²) in [4.78, 5) is 23.4. The molecule has 4 rings (SSSR count). The number of nitrogens with one attached hydrogen (secondary N) is 3. The highest BCUT2D eigenvalue weighted by Crippen LogP contribution is 2.23. The van der Waals surface area contributed by atoms with Crippen molar-refractivity contribution >= 4 is 33.6 Å². The molecule has 1 amide bonds. The Balaban J connectivity index is 0.00000124. The minimum absolute atomic E-state index is 0.00326. The minimum atomic E-state index is -3.97. The maximum absolute atomic E-state index is 13.8. The number of aliphatic hydroxyl groups is 1. The molecule has 13 heteroatoms. The van der Waals surface area contributed by atoms with E-state index in [2.05, 4.69) is 20.2 Å². The number of benzene rings is 3. The zero-order valence-corrected chi connectivity index (χ0v) is 25.7. The van der Waals surface area contributed by atoms with Gasteiger partial charge in [-0.25, -0.2) is 23.5 Å². The third kappa shape index (κ3) is 10.2. The van der Waals surface area contributed by atoms with E-state index in [0.29, 0.717) is 23.3 Å². The molecule has 236 valence electrons. The largest absolute Gasteiger partial charge is 0.445 e. The number of alkyl carbamates (subject to hydrolysis) is 1. The average Bonchev–Trinajstić information content (AvgIpc) is 3.39. The Labute approximate surface area is 257 Å². The molecule has 5 N–H and O–H groups in total. The van der Waals surface area contributed by atoms with Crippen LogP contribution >= 0.6 is 0 Å². The number of ether oxygens (including phenoxy) is 1. The Hall–Kier alpha value is -4.30. The number of nitrogens with zero attached hydrogens (tertiary/aromatic N) is 2. The Bertz CT molecular complexity index is 1580. The monoisotopic (exact) mass is 625 g/mol. The summed E-state index contributed by atoms with van der Waals surface area (Å²) in [5, 5.41) is 27.1. The van der Waals surface area contributed by atoms with Crippen molar-refractivity contribution in [3.63, 3.8) is 0 Å². The van der Waals surface area contributed by atoms with Crippen LogP contribution in [0.3, 0.4) is 0 Å². The topological polar surface area (TPSA) is 178 Å². The number of aromatic nitrogens is 2. The summed E-state index contributed by atoms with van der Waals surface area (Å²) in [5.74, 6) is 0.685. The van der Waals surface area contributed by atoms with Gasteiger partial charge in [-0.05, 0) is 48.6 Å². The quantitative estimate of drug-likeness (QED) is 0.0624. The minimum Gasteiger partial charge on any atom is -0.445 e. The fourth-order valence-corrected chi connectivity index (χ4v) is 6.16. The van der Waals surface area contributed by atoms with Gasteiger partial charge in [0.2, 0.25) is 16.4 Å². The first-order valence-electron chi connectivity index (χ1n) is 14.0. The molecule has 0 bridgehead atoms. The molecule has 0 aliphatic rings. The van der Waals surface area contributed by atoms with Crippen LogP contribution in [0.1, 0.15) is 30.8 Å². The van der Waals surface area contributed by atoms with Crippen LogP contribution in [0, 0.1) is 18.3 Å². The number of carbonyl (C=O) groups excluding carboxylic acids is 1. The van der Waals surface area contributed by atoms with Crippen LogP contribution in [-0.4, -0.2) is 70.8 Å². The van der Waals surface area contributed by atoms with Gasteiger partial charge in [0, 0.05) is 13.1 Å². The van der Waals surface area contributed by atoms with Crippen LogP contribution in [0.2, 0.25) is 0 Å². The van der Waals surface area contributed by atoms with E-state index in [9.17, 15) is 18.3 Å². The van der Waals surface area contributed by atoms with Crippen LogP contribution < -0.4 is 5.32 Å². The van der Waals surface area contributed by atoms with E-state index >= 15 is 0 Å². The van der Waals surface area contributed by atoms with E-state index in [0.717, 1.165) is 11.1 Å². The number of aliphatic hydroxyl groups excluding tert-OH is 1. The average molecular weight is 626 g/mol. The second-order valence-corrected chi connectivity index (χ2v) is 12.4. The lowest BCUT2D eigenvalue weighted by Gasteiger charge is -2.30. The lowest BCUT2D eigenvalue weighted by molar-refractivity contribution is -0.148. The maximum atomic E-state index is 13.8. The van der Waals surface area contributed by atoms with Gasteiger partial charge >= 0.3 is 6.09 Å². The molecule has 4 aromatic rings. The Kier molecular flexibility index (Phi) is 12.8. The maximum Gasteiger partial charge on any atom is 0.407 e. The fourth-order valence-electron chi connectivity index (χ4n) is 4.51. The van der Waals surface area contributed by atoms with Crippen molar-refractivity contribution in [2.45, 2.75) is 50.8 Å². The Morgan fingerprint density at radius 3 is 2.25 bits per heavy atom. The number of hydrogen-bond acceptors (Lipinski definition) is 9. The van der Waals surface area contributed by atoms with Crippen LogP contribution in [0.4, 0.5) is 4.79 Å². The van der Waals surface area contributed by atoms with Crippen molar-refractivity contribution < 1.29 is 33.2 Å². The standard InChI is InChI=1S/C30H36N4O5S.CH3NO2/c1-21(2)18-34(40(37,38)25-14-15-26-27(17-25)32-22(3)31-26)19-29(35)28(16-23-10-6-4-7-11-23)33-30(36)39-20-24-12-8-5-9-13-24;2-1-4-3/h4-15,17,21,28-29,35H,16,18-20H2,1-3H3,(H,31,32)(H,33,36);1-3H/t28-,29?;/m0./s1. The molecule has 2 atom stereocenters. The Morgan fingerprint density at radius 1 is 1.05 bits per heavy atom. The number of sulfonamides is 1. The second kappa shape index (κ2) is 16.5. The normalized spacial score (nSPS) is 12.7. The van der Waals surface area contributed by atoms with Gasteiger partial charge in [-0.1, -0.05) is 74.5 Å². The lowest BCUT2D eigenvalue weighted by Crippen LogP contribution is -2.51. The summed E-state index contributed by atoms with van der Waals surface area (Å²) < 4.78 is 34.2. The van der Waals surface area contributed by atoms with E-state index < -0.39 is 28.3 Å². The zero-order valence-electron chi connectivity index (χ0n) is 24.9. The molecule has 12 nitrogen and oxygen atoms in total. The number of fused-ring (bicyclic) bond motifs is 1. The van der Waals surface area contributed by atoms with Crippen molar-refractivity contribution in [3.05, 3.63) is 95.8 Å². The van der Waals surface area contributed by atoms with Gasteiger partial charge in [-0.3, -0.25) is 5.41 Å². The highest BCUT2D eigenvalue weighted by atomic mass is 32.2. The highest BCUT2D eigenvalue weighted by Gasteiger charge is 2.32. The smallest absolute Gasteiger partial charge is 0.407 e. The van der Waals surface area contributed by atoms with Crippen LogP contribution in [-0.2, 0) is 32.7 Å². The van der Waals surface area contributed by atoms with E-state index in [1.54, 1.807) is 19.1 Å². The molecule has 3 aromatic carbocycles. The molecule has 0 saturated carbocycles. The molecule has 0 fully saturated rings. The van der Waals surface area contributed by atoms with Crippen molar-refractivity contribution in [2.24, 2.45) is 5.92 Å². The second-order valence-electron chi connectivity index (χ2n) is 10.5. The zero-order chi connectivity index (χ0) is 32.1. The predicted octanol–water partition coefficient (Wildman–Crippen LogP) is 4.50. The van der Waals surface area contributed by atoms with Crippen molar-refractivity contribution in [1.29, 1.82) is 5.41 Å². The summed E-state index contributed by atoms with van der Waals surface area (Å²) in [5.41, 5.74) is 3.01. The van der Waals surface area contributed by atoms with Crippen LogP contribution in [0.5, 0.6) is 0 Å². The van der Waals surface area contributed by atoms with Gasteiger partial charge in [0.05, 0.1) is 28.1 Å². The third-order valence-electron chi connectivity index (χ3n) is 6.50. The number of amides is 1. The molecule has 1 heterocycles. The van der Waals surface area contributed by atoms with E-state index in [1.807, 2.05) is 74.5 Å². The molecule has 0 radical (unpaired) electrons. The van der Waals surface area contributed by atoms with Gasteiger partial charge in [0.15, 0.2) is 0 Å². The first-order valence-corrected chi connectivity index (χ1v) is 15.4. The highest BCUT2D eigenvalue weighted by molar-refractivity contribution is 7.89. The first-order chi connectivity index (χ1) is 21.0. The number of carbonyl (C=O) groups is 1. The van der Waals surface area contributed by atoms with Crippen molar-refractivity contribution in [2.75, 3.05) is 13.1 Å². The number of hydrogen-bond donors (Lipinski definition) is 5. The number of aromatic amines is 1. The van der Waals surface area contributed by atoms with Gasteiger partial charge in [-0.15, -0.1) is 0 Å². The summed E-state index contributed by atoms with van der Waals surface area (Å²) in [6.07, 6.45) is -1.18. The van der Waals surface area contributed by atoms with Gasteiger partial charge in [0.25, 0.3) is 0 Å². The molecule has 0 aliphatic heterocycles. The Morgan fingerprint density at radius 2 is 1.66 bits per heavy atom. The number of aryl methyl sites for hydroxylation is 1. The molecule has 44 heavy (non-hydrogen) atoms. The summed E-state index contributed by atoms with van der Waals surface area (Å²) in [6.45, 7) is 5.69. The predicted molar refractivity (Wildman–Crippen MR) is 167 cm³/mol. The molecule has 0 spiro atoms. The SMILES string of the molecule is Cc1nc2ccc(S(=O)(=O)N(CC(C)C)CC(O)[C@H](Cc3ccccc3)NC(=O)OCc3ccccc3)cc2[nH]1.N=COO. The summed E-state index contributed by atoms with van der Waals surface area (Å²) in [6, 6.07) is 22.6. The van der Waals surface area contributed by atoms with Gasteiger partial charge in [-0.2, -0.15) is 4.31 Å². The molecule has 1 unspecified atom stereocenters. The molecule has 0 aliphatic carbocycles. The van der Waals surface area contributed by atoms with Gasteiger partial charge < -0.3 is 25.0 Å². The van der Waals surface area contributed by atoms with E-state index in [4.69, 9.17) is 15.4 Å². The number of H-pyrrole nitrogens is 1. The third-order valence-corrected chi connectivity index (χ3v) is 8.33. The first kappa shape index (κ1) is 34.2. The summed E-state index contributed by atoms with van der Waals surface area (Å²) in [7, 11) is -3.97. The number of rotatable bonds is 13. The van der Waals surface area contributed by atoms with Gasteiger partial charge in [0.1, 0.15) is 12.4 Å². The summed E-state index contributed by atoms with van der Waals surface area (Å²) >= 11 is 0. The van der Waals surface area contributed by atoms with E-state index in [1.165, 1.54) is 10.4 Å². The van der Waals surface area contributed by atoms with Crippen molar-refractivity contribution in [1.82, 2.24) is 19.6 Å². The van der Waals surface area contributed by atoms with Crippen LogP contribution in [0.25, 0.3) is 11.0 Å². The van der Waals surface area contributed by atoms with E-state index in [-0.39, 0.29) is 36.9 Å². The lowest BCUT2D eigenvalue weighted by atomic mass is 10.0. The fraction of sp³-hybridized carbons (Fsp3) is 0.323. The molecule has 1 aromatic heterocycles. The molecular formula is C31H39N5O7S. The van der Waals surface area contributed by atoms with Crippen molar-refractivity contribution in [3.8, 4) is 0 Å². The number of imidazole rings is 1.